The number of rotatable bonds is 5. The zero-order chi connectivity index (χ0) is 15.5. The maximum Gasteiger partial charge on any atom is 0.271 e. The molecule has 1 rings (SSSR count). The standard InChI is InChI=1S/C13H16N2O4S/c1-5-6-10(3)14-20(18,19)13-8-12(15(16)17)7-9(2)11(13)4/h1,7-8,10,14H,6H2,2-4H3. The highest BCUT2D eigenvalue weighted by Gasteiger charge is 2.23. The highest BCUT2D eigenvalue weighted by atomic mass is 32.2. The molecule has 0 saturated carbocycles. The van der Waals surface area contributed by atoms with Gasteiger partial charge in [-0.2, -0.15) is 0 Å². The molecule has 1 atom stereocenters. The Morgan fingerprint density at radius 1 is 1.45 bits per heavy atom. The monoisotopic (exact) mass is 296 g/mol. The fourth-order valence-electron chi connectivity index (χ4n) is 1.74. The van der Waals surface area contributed by atoms with Gasteiger partial charge in [0.2, 0.25) is 10.0 Å². The lowest BCUT2D eigenvalue weighted by molar-refractivity contribution is -0.385. The molecular formula is C13H16N2O4S. The molecule has 0 heterocycles. The van der Waals surface area contributed by atoms with E-state index >= 15 is 0 Å². The molecule has 0 amide bonds. The number of aryl methyl sites for hydroxylation is 1. The van der Waals surface area contributed by atoms with Gasteiger partial charge in [0, 0.05) is 24.6 Å². The zero-order valence-electron chi connectivity index (χ0n) is 11.5. The van der Waals surface area contributed by atoms with Crippen LogP contribution in [0.3, 0.4) is 0 Å². The second-order valence-corrected chi connectivity index (χ2v) is 6.26. The first-order valence-electron chi connectivity index (χ1n) is 5.90. The normalized spacial score (nSPS) is 12.7. The maximum atomic E-state index is 12.3. The van der Waals surface area contributed by atoms with Gasteiger partial charge in [0.25, 0.3) is 5.69 Å². The summed E-state index contributed by atoms with van der Waals surface area (Å²) in [6.45, 7) is 4.88. The quantitative estimate of drug-likeness (QED) is 0.510. The number of nitrogens with one attached hydrogen (secondary N) is 1. The van der Waals surface area contributed by atoms with Crippen LogP contribution >= 0.6 is 0 Å². The summed E-state index contributed by atoms with van der Waals surface area (Å²) in [5, 5.41) is 10.8. The lowest BCUT2D eigenvalue weighted by Crippen LogP contribution is -2.32. The van der Waals surface area contributed by atoms with Crippen molar-refractivity contribution < 1.29 is 13.3 Å². The summed E-state index contributed by atoms with van der Waals surface area (Å²) in [4.78, 5) is 10.1. The summed E-state index contributed by atoms with van der Waals surface area (Å²) in [5.74, 6) is 2.36. The Morgan fingerprint density at radius 3 is 2.55 bits per heavy atom. The lowest BCUT2D eigenvalue weighted by Gasteiger charge is -2.14. The van der Waals surface area contributed by atoms with Crippen LogP contribution in [0.25, 0.3) is 0 Å². The molecule has 0 aliphatic heterocycles. The summed E-state index contributed by atoms with van der Waals surface area (Å²) in [6, 6.07) is 1.97. The van der Waals surface area contributed by atoms with Gasteiger partial charge in [-0.1, -0.05) is 0 Å². The first-order valence-corrected chi connectivity index (χ1v) is 7.38. The minimum atomic E-state index is -3.84. The molecule has 1 N–H and O–H groups in total. The van der Waals surface area contributed by atoms with Gasteiger partial charge in [-0.05, 0) is 31.9 Å². The largest absolute Gasteiger partial charge is 0.271 e. The molecule has 1 aromatic carbocycles. The van der Waals surface area contributed by atoms with Crippen LogP contribution in [0.15, 0.2) is 17.0 Å². The van der Waals surface area contributed by atoms with Gasteiger partial charge in [-0.3, -0.25) is 10.1 Å². The number of hydrogen-bond donors (Lipinski definition) is 1. The van der Waals surface area contributed by atoms with Crippen molar-refractivity contribution in [3.8, 4) is 12.3 Å². The molecule has 0 spiro atoms. The summed E-state index contributed by atoms with van der Waals surface area (Å²) >= 11 is 0. The van der Waals surface area contributed by atoms with E-state index in [0.717, 1.165) is 6.07 Å². The third-order valence-electron chi connectivity index (χ3n) is 2.89. The summed E-state index contributed by atoms with van der Waals surface area (Å²) in [6.07, 6.45) is 5.37. The number of benzene rings is 1. The number of nitro groups is 1. The van der Waals surface area contributed by atoms with Gasteiger partial charge in [-0.15, -0.1) is 12.3 Å². The SMILES string of the molecule is C#CCC(C)NS(=O)(=O)c1cc([N+](=O)[O-])cc(C)c1C. The van der Waals surface area contributed by atoms with Crippen molar-refractivity contribution in [2.75, 3.05) is 0 Å². The number of terminal acetylenes is 1. The van der Waals surface area contributed by atoms with Crippen LogP contribution in [0.5, 0.6) is 0 Å². The molecule has 0 aliphatic rings. The predicted octanol–water partition coefficient (Wildman–Crippen LogP) is 1.90. The van der Waals surface area contributed by atoms with E-state index in [4.69, 9.17) is 6.42 Å². The van der Waals surface area contributed by atoms with E-state index in [0.29, 0.717) is 11.1 Å². The van der Waals surface area contributed by atoms with E-state index in [-0.39, 0.29) is 17.0 Å². The molecule has 1 unspecified atom stereocenters. The van der Waals surface area contributed by atoms with Crippen LogP contribution < -0.4 is 4.72 Å². The summed E-state index contributed by atoms with van der Waals surface area (Å²) in [5.41, 5.74) is 0.776. The third kappa shape index (κ3) is 3.56. The van der Waals surface area contributed by atoms with Crippen LogP contribution in [0.1, 0.15) is 24.5 Å². The Bertz CT molecular complexity index is 674. The Balaban J connectivity index is 3.31. The van der Waals surface area contributed by atoms with Crippen molar-refractivity contribution in [1.29, 1.82) is 0 Å². The Kier molecular flexibility index (Phi) is 4.87. The average molecular weight is 296 g/mol. The third-order valence-corrected chi connectivity index (χ3v) is 4.60. The second-order valence-electron chi connectivity index (χ2n) is 4.57. The molecule has 1 aromatic rings. The first kappa shape index (κ1) is 16.1. The van der Waals surface area contributed by atoms with E-state index in [1.54, 1.807) is 20.8 Å². The first-order chi connectivity index (χ1) is 9.19. The molecule has 0 fully saturated rings. The second kappa shape index (κ2) is 6.03. The van der Waals surface area contributed by atoms with Crippen LogP contribution in [-0.2, 0) is 10.0 Å². The fraction of sp³-hybridized carbons (Fsp3) is 0.385. The summed E-state index contributed by atoms with van der Waals surface area (Å²) in [7, 11) is -3.84. The Hall–Kier alpha value is -1.91. The molecule has 0 aromatic heterocycles. The molecule has 0 radical (unpaired) electrons. The zero-order valence-corrected chi connectivity index (χ0v) is 12.3. The number of hydrogen-bond acceptors (Lipinski definition) is 4. The van der Waals surface area contributed by atoms with Gasteiger partial charge >= 0.3 is 0 Å². The number of nitro benzene ring substituents is 1. The highest BCUT2D eigenvalue weighted by molar-refractivity contribution is 7.89. The van der Waals surface area contributed by atoms with E-state index < -0.39 is 21.0 Å². The van der Waals surface area contributed by atoms with Gasteiger partial charge in [-0.25, -0.2) is 13.1 Å². The number of nitrogens with zero attached hydrogens (tertiary/aromatic N) is 1. The van der Waals surface area contributed by atoms with Crippen LogP contribution in [0.4, 0.5) is 5.69 Å². The minimum absolute atomic E-state index is 0.0897. The molecule has 0 saturated heterocycles. The molecule has 108 valence electrons. The van der Waals surface area contributed by atoms with Crippen molar-refractivity contribution in [3.63, 3.8) is 0 Å². The average Bonchev–Trinajstić information content (AvgIpc) is 2.31. The predicted molar refractivity (Wildman–Crippen MR) is 75.8 cm³/mol. The van der Waals surface area contributed by atoms with Gasteiger partial charge in [0.1, 0.15) is 0 Å². The minimum Gasteiger partial charge on any atom is -0.258 e. The van der Waals surface area contributed by atoms with Crippen molar-refractivity contribution >= 4 is 15.7 Å². The molecule has 20 heavy (non-hydrogen) atoms. The molecule has 6 nitrogen and oxygen atoms in total. The lowest BCUT2D eigenvalue weighted by atomic mass is 10.1. The van der Waals surface area contributed by atoms with Crippen LogP contribution in [0.2, 0.25) is 0 Å². The topological polar surface area (TPSA) is 89.3 Å². The Labute approximate surface area is 118 Å². The van der Waals surface area contributed by atoms with E-state index in [1.165, 1.54) is 6.07 Å². The van der Waals surface area contributed by atoms with Crippen molar-refractivity contribution in [2.24, 2.45) is 0 Å². The van der Waals surface area contributed by atoms with Crippen molar-refractivity contribution in [2.45, 2.75) is 38.1 Å². The molecule has 7 heteroatoms. The van der Waals surface area contributed by atoms with E-state index in [9.17, 15) is 18.5 Å². The molecular weight excluding hydrogens is 280 g/mol. The van der Waals surface area contributed by atoms with Crippen molar-refractivity contribution in [1.82, 2.24) is 4.72 Å². The maximum absolute atomic E-state index is 12.3. The van der Waals surface area contributed by atoms with Gasteiger partial charge in [0.05, 0.1) is 9.82 Å². The van der Waals surface area contributed by atoms with Crippen LogP contribution in [0, 0.1) is 36.3 Å². The Morgan fingerprint density at radius 2 is 2.05 bits per heavy atom. The van der Waals surface area contributed by atoms with Gasteiger partial charge in [0.15, 0.2) is 0 Å². The smallest absolute Gasteiger partial charge is 0.258 e. The highest BCUT2D eigenvalue weighted by Crippen LogP contribution is 2.25. The fourth-order valence-corrected chi connectivity index (χ4v) is 3.32. The number of non-ortho nitro benzene ring substituents is 1. The van der Waals surface area contributed by atoms with Crippen molar-refractivity contribution in [3.05, 3.63) is 33.4 Å². The summed E-state index contributed by atoms with van der Waals surface area (Å²) < 4.78 is 26.9. The van der Waals surface area contributed by atoms with Gasteiger partial charge < -0.3 is 0 Å². The van der Waals surface area contributed by atoms with E-state index in [1.807, 2.05) is 0 Å². The number of sulfonamides is 1. The van der Waals surface area contributed by atoms with Crippen LogP contribution in [-0.4, -0.2) is 19.4 Å². The molecule has 0 bridgehead atoms. The van der Waals surface area contributed by atoms with E-state index in [2.05, 4.69) is 10.6 Å². The molecule has 0 aliphatic carbocycles.